The second-order valence-electron chi connectivity index (χ2n) is 6.20. The highest BCUT2D eigenvalue weighted by atomic mass is 19.1. The first-order valence-corrected chi connectivity index (χ1v) is 8.52. The predicted octanol–water partition coefficient (Wildman–Crippen LogP) is 3.54. The number of nitrogens with zero attached hydrogens (tertiary/aromatic N) is 2. The van der Waals surface area contributed by atoms with E-state index in [1.807, 2.05) is 18.2 Å². The summed E-state index contributed by atoms with van der Waals surface area (Å²) >= 11 is 0. The molecule has 1 heterocycles. The zero-order chi connectivity index (χ0) is 18.3. The van der Waals surface area contributed by atoms with Crippen LogP contribution in [0, 0.1) is 5.82 Å². The van der Waals surface area contributed by atoms with Gasteiger partial charge in [-0.15, -0.1) is 0 Å². The minimum atomic E-state index is -0.447. The monoisotopic (exact) mass is 351 g/mol. The number of aromatic nitrogens is 2. The number of carbonyl (C=O) groups is 1. The van der Waals surface area contributed by atoms with Crippen LogP contribution in [0.25, 0.3) is 16.9 Å². The van der Waals surface area contributed by atoms with Gasteiger partial charge in [0.2, 0.25) is 0 Å². The van der Waals surface area contributed by atoms with E-state index in [0.717, 1.165) is 28.8 Å². The molecule has 0 spiro atoms. The molecule has 3 aromatic rings. The maximum absolute atomic E-state index is 13.3. The van der Waals surface area contributed by atoms with Crippen LogP contribution in [0.5, 0.6) is 0 Å². The van der Waals surface area contributed by atoms with Gasteiger partial charge in [-0.05, 0) is 61.7 Å². The third-order valence-corrected chi connectivity index (χ3v) is 4.56. The van der Waals surface area contributed by atoms with E-state index >= 15 is 0 Å². The van der Waals surface area contributed by atoms with Gasteiger partial charge in [0.1, 0.15) is 5.82 Å². The van der Waals surface area contributed by atoms with Gasteiger partial charge in [0.25, 0.3) is 0 Å². The fraction of sp³-hybridized carbons (Fsp3) is 0.200. The lowest BCUT2D eigenvalue weighted by molar-refractivity contribution is 0.0517. The molecule has 0 radical (unpaired) electrons. The van der Waals surface area contributed by atoms with Crippen molar-refractivity contribution in [3.8, 4) is 16.9 Å². The lowest BCUT2D eigenvalue weighted by Crippen LogP contribution is -2.11. The van der Waals surface area contributed by atoms with Gasteiger partial charge in [-0.2, -0.15) is 5.10 Å². The van der Waals surface area contributed by atoms with Crippen molar-refractivity contribution in [3.05, 3.63) is 65.1 Å². The molecule has 0 bridgehead atoms. The van der Waals surface area contributed by atoms with E-state index in [2.05, 4.69) is 5.10 Å². The van der Waals surface area contributed by atoms with E-state index in [-0.39, 0.29) is 12.4 Å². The van der Waals surface area contributed by atoms with E-state index < -0.39 is 5.97 Å². The van der Waals surface area contributed by atoms with Crippen LogP contribution in [0.2, 0.25) is 0 Å². The molecule has 0 fully saturated rings. The molecular weight excluding hydrogens is 333 g/mol. The Hall–Kier alpha value is -3.15. The summed E-state index contributed by atoms with van der Waals surface area (Å²) in [5.41, 5.74) is 11.3. The molecular formula is C20H18FN3O2. The highest BCUT2D eigenvalue weighted by Crippen LogP contribution is 2.38. The number of halogens is 1. The predicted molar refractivity (Wildman–Crippen MR) is 96.7 cm³/mol. The fourth-order valence-electron chi connectivity index (χ4n) is 3.39. The zero-order valence-corrected chi connectivity index (χ0v) is 14.3. The summed E-state index contributed by atoms with van der Waals surface area (Å²) in [4.78, 5) is 12.4. The van der Waals surface area contributed by atoms with Crippen molar-refractivity contribution in [1.29, 1.82) is 0 Å². The van der Waals surface area contributed by atoms with Crippen LogP contribution in [0.3, 0.4) is 0 Å². The number of hydrogen-bond donors (Lipinski definition) is 1. The van der Waals surface area contributed by atoms with Crippen LogP contribution < -0.4 is 5.73 Å². The third-order valence-electron chi connectivity index (χ3n) is 4.56. The van der Waals surface area contributed by atoms with Gasteiger partial charge in [-0.1, -0.05) is 6.07 Å². The first kappa shape index (κ1) is 16.3. The second-order valence-corrected chi connectivity index (χ2v) is 6.20. The summed E-state index contributed by atoms with van der Waals surface area (Å²) in [6.07, 6.45) is 1.48. The number of aryl methyl sites for hydroxylation is 1. The Morgan fingerprint density at radius 3 is 2.73 bits per heavy atom. The number of esters is 1. The van der Waals surface area contributed by atoms with Crippen LogP contribution in [0.4, 0.5) is 10.1 Å². The molecule has 0 saturated carbocycles. The Kier molecular flexibility index (Phi) is 3.95. The molecule has 132 valence electrons. The van der Waals surface area contributed by atoms with Crippen molar-refractivity contribution < 1.29 is 13.9 Å². The number of nitrogen functional groups attached to an aromatic ring is 1. The van der Waals surface area contributed by atoms with Crippen LogP contribution in [-0.4, -0.2) is 22.4 Å². The first-order valence-electron chi connectivity index (χ1n) is 8.52. The first-order chi connectivity index (χ1) is 12.6. The molecule has 1 aliphatic carbocycles. The van der Waals surface area contributed by atoms with Gasteiger partial charge >= 0.3 is 5.97 Å². The summed E-state index contributed by atoms with van der Waals surface area (Å²) < 4.78 is 20.2. The minimum Gasteiger partial charge on any atom is -0.461 e. The second kappa shape index (κ2) is 6.29. The van der Waals surface area contributed by atoms with E-state index in [0.29, 0.717) is 23.5 Å². The summed E-state index contributed by atoms with van der Waals surface area (Å²) in [5.74, 6) is -0.776. The number of rotatable bonds is 3. The topological polar surface area (TPSA) is 70.1 Å². The molecule has 0 amide bonds. The molecule has 1 aromatic heterocycles. The lowest BCUT2D eigenvalue weighted by Gasteiger charge is -2.19. The summed E-state index contributed by atoms with van der Waals surface area (Å²) in [6.45, 7) is 2.04. The van der Waals surface area contributed by atoms with E-state index in [4.69, 9.17) is 10.5 Å². The number of fused-ring (bicyclic) bond motifs is 3. The number of anilines is 1. The highest BCUT2D eigenvalue weighted by Gasteiger charge is 2.29. The molecule has 0 saturated heterocycles. The van der Waals surface area contributed by atoms with Crippen molar-refractivity contribution >= 4 is 11.7 Å². The van der Waals surface area contributed by atoms with Gasteiger partial charge in [-0.25, -0.2) is 13.9 Å². The van der Waals surface area contributed by atoms with Gasteiger partial charge in [0.05, 0.1) is 18.0 Å². The molecule has 0 atom stereocenters. The number of hydrogen-bond acceptors (Lipinski definition) is 4. The number of benzene rings is 2. The van der Waals surface area contributed by atoms with Crippen LogP contribution >= 0.6 is 0 Å². The standard InChI is InChI=1S/C20H18FN3O2/c1-2-26-20(25)18-16-10-4-12-3-7-14(22)11-17(12)19(16)24(23-18)15-8-5-13(21)6-9-15/h3,5-9,11H,2,4,10,22H2,1H3. The summed E-state index contributed by atoms with van der Waals surface area (Å²) in [7, 11) is 0. The van der Waals surface area contributed by atoms with Crippen LogP contribution in [0.15, 0.2) is 42.5 Å². The van der Waals surface area contributed by atoms with Gasteiger partial charge in [0, 0.05) is 16.8 Å². The Morgan fingerprint density at radius 1 is 1.23 bits per heavy atom. The minimum absolute atomic E-state index is 0.278. The van der Waals surface area contributed by atoms with Crippen molar-refractivity contribution in [2.24, 2.45) is 0 Å². The Labute approximate surface area is 150 Å². The quantitative estimate of drug-likeness (QED) is 0.579. The maximum Gasteiger partial charge on any atom is 0.359 e. The Bertz CT molecular complexity index is 993. The van der Waals surface area contributed by atoms with E-state index in [1.54, 1.807) is 23.7 Å². The normalized spacial score (nSPS) is 12.4. The molecule has 0 unspecified atom stereocenters. The van der Waals surface area contributed by atoms with E-state index in [1.165, 1.54) is 12.1 Å². The average Bonchev–Trinajstić information content (AvgIpc) is 3.03. The molecule has 5 nitrogen and oxygen atoms in total. The molecule has 6 heteroatoms. The lowest BCUT2D eigenvalue weighted by atomic mass is 9.88. The number of carbonyl (C=O) groups excluding carboxylic acids is 1. The molecule has 2 aromatic carbocycles. The van der Waals surface area contributed by atoms with Crippen LogP contribution in [-0.2, 0) is 17.6 Å². The highest BCUT2D eigenvalue weighted by molar-refractivity contribution is 5.92. The van der Waals surface area contributed by atoms with Crippen molar-refractivity contribution in [3.63, 3.8) is 0 Å². The Balaban J connectivity index is 1.97. The summed E-state index contributed by atoms with van der Waals surface area (Å²) in [6, 6.07) is 11.8. The Morgan fingerprint density at radius 2 is 2.00 bits per heavy atom. The maximum atomic E-state index is 13.3. The van der Waals surface area contributed by atoms with Gasteiger partial charge in [-0.3, -0.25) is 0 Å². The zero-order valence-electron chi connectivity index (χ0n) is 14.3. The van der Waals surface area contributed by atoms with Crippen molar-refractivity contribution in [2.75, 3.05) is 12.3 Å². The largest absolute Gasteiger partial charge is 0.461 e. The molecule has 0 aliphatic heterocycles. The third kappa shape index (κ3) is 2.63. The van der Waals surface area contributed by atoms with Gasteiger partial charge in [0.15, 0.2) is 5.69 Å². The van der Waals surface area contributed by atoms with E-state index in [9.17, 15) is 9.18 Å². The fourth-order valence-corrected chi connectivity index (χ4v) is 3.39. The molecule has 2 N–H and O–H groups in total. The molecule has 4 rings (SSSR count). The van der Waals surface area contributed by atoms with Gasteiger partial charge < -0.3 is 10.5 Å². The van der Waals surface area contributed by atoms with Crippen molar-refractivity contribution in [2.45, 2.75) is 19.8 Å². The number of nitrogens with two attached hydrogens (primary N) is 1. The smallest absolute Gasteiger partial charge is 0.359 e. The molecule has 1 aliphatic rings. The summed E-state index contributed by atoms with van der Waals surface area (Å²) in [5, 5.41) is 4.52. The number of ether oxygens (including phenoxy) is 1. The SMILES string of the molecule is CCOC(=O)c1nn(-c2ccc(F)cc2)c2c1CCc1ccc(N)cc1-2. The van der Waals surface area contributed by atoms with Crippen LogP contribution in [0.1, 0.15) is 28.5 Å². The average molecular weight is 351 g/mol. The van der Waals surface area contributed by atoms with Crippen molar-refractivity contribution in [1.82, 2.24) is 9.78 Å². The molecule has 26 heavy (non-hydrogen) atoms.